The fraction of sp³-hybridized carbons (Fsp3) is 0.417. The fourth-order valence-electron chi connectivity index (χ4n) is 3.01. The summed E-state index contributed by atoms with van der Waals surface area (Å²) < 4.78 is 0. The number of carbonyl (C=O) groups is 2. The zero-order valence-electron chi connectivity index (χ0n) is 18.1. The van der Waals surface area contributed by atoms with Crippen molar-refractivity contribution in [3.63, 3.8) is 0 Å². The van der Waals surface area contributed by atoms with E-state index in [1.807, 2.05) is 89.2 Å². The first-order valence-electron chi connectivity index (χ1n) is 10.0. The number of aryl methyl sites for hydroxylation is 1. The van der Waals surface area contributed by atoms with Gasteiger partial charge < -0.3 is 10.2 Å². The molecule has 4 nitrogen and oxygen atoms in total. The standard InChI is InChI=1S/C24H32N2O2S/c1-6-21(23(28)25-24(3,4)5)26(16-19-14-12-18(2)13-15-19)22(27)17-29-20-10-8-7-9-11-20/h7-15,21H,6,16-17H2,1-5H3,(H,25,28)/t21-/m1/s1. The van der Waals surface area contributed by atoms with E-state index >= 15 is 0 Å². The van der Waals surface area contributed by atoms with E-state index in [4.69, 9.17) is 0 Å². The minimum absolute atomic E-state index is 0.0321. The molecule has 2 aromatic carbocycles. The minimum Gasteiger partial charge on any atom is -0.350 e. The summed E-state index contributed by atoms with van der Waals surface area (Å²) in [6.45, 7) is 10.3. The van der Waals surface area contributed by atoms with Crippen LogP contribution in [0.3, 0.4) is 0 Å². The quantitative estimate of drug-likeness (QED) is 0.633. The largest absolute Gasteiger partial charge is 0.350 e. The number of rotatable bonds is 8. The molecule has 2 amide bonds. The fourth-order valence-corrected chi connectivity index (χ4v) is 3.81. The Bertz CT molecular complexity index is 798. The normalized spacial score (nSPS) is 12.3. The maximum absolute atomic E-state index is 13.2. The lowest BCUT2D eigenvalue weighted by Crippen LogP contribution is -2.53. The van der Waals surface area contributed by atoms with Gasteiger partial charge in [0.1, 0.15) is 6.04 Å². The van der Waals surface area contributed by atoms with Crippen molar-refractivity contribution < 1.29 is 9.59 Å². The summed E-state index contributed by atoms with van der Waals surface area (Å²) in [5, 5.41) is 3.03. The summed E-state index contributed by atoms with van der Waals surface area (Å²) in [6.07, 6.45) is 0.565. The molecule has 2 rings (SSSR count). The van der Waals surface area contributed by atoms with Crippen molar-refractivity contribution in [3.05, 3.63) is 65.7 Å². The highest BCUT2D eigenvalue weighted by atomic mass is 32.2. The van der Waals surface area contributed by atoms with E-state index in [0.29, 0.717) is 18.7 Å². The van der Waals surface area contributed by atoms with Crippen LogP contribution in [-0.4, -0.2) is 34.0 Å². The molecule has 0 unspecified atom stereocenters. The second-order valence-corrected chi connectivity index (χ2v) is 9.32. The van der Waals surface area contributed by atoms with Gasteiger partial charge in [0.2, 0.25) is 11.8 Å². The number of amides is 2. The van der Waals surface area contributed by atoms with Crippen molar-refractivity contribution in [1.82, 2.24) is 10.2 Å². The molecule has 0 bridgehead atoms. The molecule has 0 saturated carbocycles. The number of hydrogen-bond acceptors (Lipinski definition) is 3. The number of hydrogen-bond donors (Lipinski definition) is 1. The van der Waals surface area contributed by atoms with Gasteiger partial charge in [-0.25, -0.2) is 0 Å². The van der Waals surface area contributed by atoms with Crippen LogP contribution in [0, 0.1) is 6.92 Å². The van der Waals surface area contributed by atoms with Crippen LogP contribution in [0.2, 0.25) is 0 Å². The van der Waals surface area contributed by atoms with Crippen LogP contribution < -0.4 is 5.32 Å². The molecule has 0 aliphatic heterocycles. The second kappa shape index (κ2) is 10.5. The smallest absolute Gasteiger partial charge is 0.243 e. The Labute approximate surface area is 179 Å². The zero-order chi connectivity index (χ0) is 21.4. The average Bonchev–Trinajstić information content (AvgIpc) is 2.67. The molecule has 0 radical (unpaired) electrons. The number of thioether (sulfide) groups is 1. The molecule has 0 fully saturated rings. The molecule has 156 valence electrons. The van der Waals surface area contributed by atoms with Gasteiger partial charge >= 0.3 is 0 Å². The highest BCUT2D eigenvalue weighted by molar-refractivity contribution is 8.00. The SMILES string of the molecule is CC[C@H](C(=O)NC(C)(C)C)N(Cc1ccc(C)cc1)C(=O)CSc1ccccc1. The number of nitrogens with one attached hydrogen (secondary N) is 1. The summed E-state index contributed by atoms with van der Waals surface area (Å²) in [5.41, 5.74) is 1.85. The van der Waals surface area contributed by atoms with Gasteiger partial charge in [0, 0.05) is 17.0 Å². The molecule has 0 aromatic heterocycles. The second-order valence-electron chi connectivity index (χ2n) is 8.27. The molecule has 29 heavy (non-hydrogen) atoms. The maximum Gasteiger partial charge on any atom is 0.243 e. The highest BCUT2D eigenvalue weighted by Crippen LogP contribution is 2.20. The lowest BCUT2D eigenvalue weighted by molar-refractivity contribution is -0.140. The third kappa shape index (κ3) is 7.58. The summed E-state index contributed by atoms with van der Waals surface area (Å²) >= 11 is 1.50. The van der Waals surface area contributed by atoms with Crippen molar-refractivity contribution in [2.45, 2.75) is 64.1 Å². The first kappa shape index (κ1) is 23.0. The van der Waals surface area contributed by atoms with Gasteiger partial charge in [-0.1, -0.05) is 55.0 Å². The van der Waals surface area contributed by atoms with Crippen LogP contribution >= 0.6 is 11.8 Å². The van der Waals surface area contributed by atoms with E-state index in [1.54, 1.807) is 4.90 Å². The summed E-state index contributed by atoms with van der Waals surface area (Å²) in [6, 6.07) is 17.5. The predicted octanol–water partition coefficient (Wildman–Crippen LogP) is 4.81. The van der Waals surface area contributed by atoms with Gasteiger partial charge in [0.15, 0.2) is 0 Å². The van der Waals surface area contributed by atoms with Crippen molar-refractivity contribution in [2.24, 2.45) is 0 Å². The Balaban J connectivity index is 2.21. The molecule has 0 aliphatic rings. The monoisotopic (exact) mass is 412 g/mol. The Morgan fingerprint density at radius 3 is 2.21 bits per heavy atom. The Morgan fingerprint density at radius 2 is 1.66 bits per heavy atom. The Hall–Kier alpha value is -2.27. The first-order chi connectivity index (χ1) is 13.7. The van der Waals surface area contributed by atoms with Crippen LogP contribution in [-0.2, 0) is 16.1 Å². The average molecular weight is 413 g/mol. The summed E-state index contributed by atoms with van der Waals surface area (Å²) in [5.74, 6) is 0.162. The Kier molecular flexibility index (Phi) is 8.32. The summed E-state index contributed by atoms with van der Waals surface area (Å²) in [7, 11) is 0. The van der Waals surface area contributed by atoms with E-state index in [9.17, 15) is 9.59 Å². The zero-order valence-corrected chi connectivity index (χ0v) is 18.9. The predicted molar refractivity (Wildman–Crippen MR) is 121 cm³/mol. The number of benzene rings is 2. The molecule has 0 heterocycles. The van der Waals surface area contributed by atoms with Crippen molar-refractivity contribution >= 4 is 23.6 Å². The number of carbonyl (C=O) groups excluding carboxylic acids is 2. The van der Waals surface area contributed by atoms with Gasteiger partial charge in [-0.2, -0.15) is 0 Å². The van der Waals surface area contributed by atoms with Gasteiger partial charge in [-0.15, -0.1) is 11.8 Å². The van der Waals surface area contributed by atoms with Crippen molar-refractivity contribution in [2.75, 3.05) is 5.75 Å². The van der Waals surface area contributed by atoms with E-state index in [2.05, 4.69) is 5.32 Å². The van der Waals surface area contributed by atoms with E-state index in [1.165, 1.54) is 17.3 Å². The Morgan fingerprint density at radius 1 is 1.03 bits per heavy atom. The van der Waals surface area contributed by atoms with Gasteiger partial charge in [-0.3, -0.25) is 9.59 Å². The molecule has 2 aromatic rings. The molecule has 0 saturated heterocycles. The molecule has 0 spiro atoms. The summed E-state index contributed by atoms with van der Waals surface area (Å²) in [4.78, 5) is 28.9. The molecule has 1 N–H and O–H groups in total. The molecule has 1 atom stereocenters. The molecule has 0 aliphatic carbocycles. The highest BCUT2D eigenvalue weighted by Gasteiger charge is 2.30. The lowest BCUT2D eigenvalue weighted by atomic mass is 10.1. The number of nitrogens with zero attached hydrogens (tertiary/aromatic N) is 1. The van der Waals surface area contributed by atoms with E-state index in [0.717, 1.165) is 10.5 Å². The third-order valence-corrected chi connectivity index (χ3v) is 5.46. The third-order valence-electron chi connectivity index (χ3n) is 4.46. The van der Waals surface area contributed by atoms with E-state index in [-0.39, 0.29) is 17.4 Å². The van der Waals surface area contributed by atoms with Crippen LogP contribution in [0.4, 0.5) is 0 Å². The minimum atomic E-state index is -0.501. The maximum atomic E-state index is 13.2. The van der Waals surface area contributed by atoms with Gasteiger partial charge in [0.25, 0.3) is 0 Å². The molecular weight excluding hydrogens is 380 g/mol. The van der Waals surface area contributed by atoms with Gasteiger partial charge in [0.05, 0.1) is 5.75 Å². The molecule has 5 heteroatoms. The van der Waals surface area contributed by atoms with Crippen LogP contribution in [0.5, 0.6) is 0 Å². The van der Waals surface area contributed by atoms with Crippen LogP contribution in [0.15, 0.2) is 59.5 Å². The van der Waals surface area contributed by atoms with Crippen molar-refractivity contribution in [1.29, 1.82) is 0 Å². The van der Waals surface area contributed by atoms with Crippen LogP contribution in [0.1, 0.15) is 45.2 Å². The first-order valence-corrected chi connectivity index (χ1v) is 11.0. The van der Waals surface area contributed by atoms with Crippen LogP contribution in [0.25, 0.3) is 0 Å². The lowest BCUT2D eigenvalue weighted by Gasteiger charge is -2.33. The topological polar surface area (TPSA) is 49.4 Å². The van der Waals surface area contributed by atoms with E-state index < -0.39 is 6.04 Å². The van der Waals surface area contributed by atoms with Crippen molar-refractivity contribution in [3.8, 4) is 0 Å². The molecular formula is C24H32N2O2S. The van der Waals surface area contributed by atoms with Gasteiger partial charge in [-0.05, 0) is 51.8 Å².